The fourth-order valence-corrected chi connectivity index (χ4v) is 11.2. The molecule has 4 aliphatic carbocycles. The van der Waals surface area contributed by atoms with Gasteiger partial charge in [-0.05, 0) is 109 Å². The number of esters is 6. The highest BCUT2D eigenvalue weighted by Gasteiger charge is 2.26. The zero-order valence-electron chi connectivity index (χ0n) is 46.3. The molecule has 0 atom stereocenters. The van der Waals surface area contributed by atoms with Gasteiger partial charge < -0.3 is 38.1 Å². The predicted molar refractivity (Wildman–Crippen MR) is 282 cm³/mol. The summed E-state index contributed by atoms with van der Waals surface area (Å²) < 4.78 is 39.3. The second-order valence-electron chi connectivity index (χ2n) is 23.2. The van der Waals surface area contributed by atoms with E-state index >= 15 is 0 Å². The molecule has 74 heavy (non-hydrogen) atoms. The highest BCUT2D eigenvalue weighted by atomic mass is 16.6. The monoisotopic (exact) mass is 1050 g/mol. The maximum absolute atomic E-state index is 13.4. The fraction of sp³-hybridized carbons (Fsp3) is 0.881. The van der Waals surface area contributed by atoms with Gasteiger partial charge in [-0.25, -0.2) is 4.79 Å². The van der Waals surface area contributed by atoms with Gasteiger partial charge in [0, 0.05) is 51.6 Å². The fourth-order valence-electron chi connectivity index (χ4n) is 11.2. The highest BCUT2D eigenvalue weighted by molar-refractivity contribution is 5.73. The molecule has 0 unspecified atom stereocenters. The van der Waals surface area contributed by atoms with E-state index in [1.807, 2.05) is 0 Å². The Labute approximate surface area is 445 Å². The van der Waals surface area contributed by atoms with Crippen LogP contribution < -0.4 is 0 Å². The first kappa shape index (κ1) is 62.6. The first-order valence-corrected chi connectivity index (χ1v) is 29.7. The van der Waals surface area contributed by atoms with Gasteiger partial charge in [-0.3, -0.25) is 28.8 Å². The van der Waals surface area contributed by atoms with Gasteiger partial charge in [0.15, 0.2) is 12.2 Å². The Morgan fingerprint density at radius 3 is 0.892 bits per heavy atom. The average Bonchev–Trinajstić information content (AvgIpc) is 3.38. The number of rotatable bonds is 34. The van der Waals surface area contributed by atoms with Gasteiger partial charge in [0.25, 0.3) is 0 Å². The quantitative estimate of drug-likeness (QED) is 0.0437. The lowest BCUT2D eigenvalue weighted by Crippen LogP contribution is -2.38. The molecule has 424 valence electrons. The third-order valence-corrected chi connectivity index (χ3v) is 15.5. The van der Waals surface area contributed by atoms with Crippen molar-refractivity contribution in [3.05, 3.63) is 0 Å². The van der Waals surface area contributed by atoms with Crippen LogP contribution in [0.25, 0.3) is 0 Å². The number of carbonyl (C=O) groups excluding carboxylic acids is 7. The molecular formula is C59H99NO14. The van der Waals surface area contributed by atoms with Gasteiger partial charge in [0.2, 0.25) is 0 Å². The van der Waals surface area contributed by atoms with E-state index < -0.39 is 35.8 Å². The summed E-state index contributed by atoms with van der Waals surface area (Å²) in [6.45, 7) is 4.49. The van der Waals surface area contributed by atoms with Crippen LogP contribution in [0.2, 0.25) is 0 Å². The lowest BCUT2D eigenvalue weighted by Gasteiger charge is -2.27. The molecule has 1 amide bonds. The van der Waals surface area contributed by atoms with Crippen LogP contribution in [0.3, 0.4) is 0 Å². The number of nitrogens with zero attached hydrogens (tertiary/aromatic N) is 1. The van der Waals surface area contributed by atoms with Gasteiger partial charge in [-0.1, -0.05) is 128 Å². The summed E-state index contributed by atoms with van der Waals surface area (Å²) >= 11 is 0. The molecule has 4 fully saturated rings. The second kappa shape index (κ2) is 37.0. The molecule has 4 saturated carbocycles. The maximum Gasteiger partial charge on any atom is 0.410 e. The van der Waals surface area contributed by atoms with E-state index in [0.29, 0.717) is 23.7 Å². The van der Waals surface area contributed by atoms with Gasteiger partial charge in [-0.2, -0.15) is 0 Å². The first-order valence-electron chi connectivity index (χ1n) is 29.7. The Balaban J connectivity index is 1.25. The largest absolute Gasteiger partial charge is 0.462 e. The van der Waals surface area contributed by atoms with E-state index in [-0.39, 0.29) is 115 Å². The molecule has 0 N–H and O–H groups in total. The minimum atomic E-state index is -0.992. The van der Waals surface area contributed by atoms with Crippen LogP contribution in [-0.2, 0) is 61.9 Å². The van der Waals surface area contributed by atoms with Crippen LogP contribution in [0.1, 0.15) is 252 Å². The molecule has 0 aliphatic heterocycles. The third-order valence-electron chi connectivity index (χ3n) is 15.5. The molecule has 0 heterocycles. The van der Waals surface area contributed by atoms with Crippen molar-refractivity contribution in [2.45, 2.75) is 270 Å². The van der Waals surface area contributed by atoms with Crippen LogP contribution >= 0.6 is 0 Å². The smallest absolute Gasteiger partial charge is 0.410 e. The third kappa shape index (κ3) is 30.0. The van der Waals surface area contributed by atoms with Crippen molar-refractivity contribution >= 4 is 41.9 Å². The van der Waals surface area contributed by atoms with Crippen LogP contribution in [0.15, 0.2) is 0 Å². The minimum absolute atomic E-state index is 0.0945. The van der Waals surface area contributed by atoms with Crippen molar-refractivity contribution in [1.82, 2.24) is 4.90 Å². The number of ether oxygens (including phenoxy) is 7. The Bertz CT molecular complexity index is 1440. The second-order valence-corrected chi connectivity index (χ2v) is 23.2. The number of hydrogen-bond donors (Lipinski definition) is 0. The van der Waals surface area contributed by atoms with E-state index in [0.717, 1.165) is 51.4 Å². The van der Waals surface area contributed by atoms with Gasteiger partial charge in [0.05, 0.1) is 0 Å². The molecule has 0 aromatic carbocycles. The number of amides is 1. The molecular weight excluding hydrogens is 947 g/mol. The molecule has 0 aromatic rings. The van der Waals surface area contributed by atoms with Crippen LogP contribution in [0.5, 0.6) is 0 Å². The Morgan fingerprint density at radius 1 is 0.378 bits per heavy atom. The Kier molecular flexibility index (Phi) is 31.3. The summed E-state index contributed by atoms with van der Waals surface area (Å²) in [7, 11) is 0. The van der Waals surface area contributed by atoms with Gasteiger partial charge in [0.1, 0.15) is 32.0 Å². The summed E-state index contributed by atoms with van der Waals surface area (Å²) in [5.74, 6) is -0.168. The molecule has 15 nitrogen and oxygen atoms in total. The number of hydrogen-bond acceptors (Lipinski definition) is 14. The maximum atomic E-state index is 13.4. The number of carbonyl (C=O) groups is 7. The van der Waals surface area contributed by atoms with Crippen molar-refractivity contribution in [2.75, 3.05) is 39.5 Å². The highest BCUT2D eigenvalue weighted by Crippen LogP contribution is 2.31. The molecule has 0 radical (unpaired) electrons. The lowest BCUT2D eigenvalue weighted by molar-refractivity contribution is -0.167. The van der Waals surface area contributed by atoms with Crippen LogP contribution in [0.4, 0.5) is 4.79 Å². The molecule has 15 heteroatoms. The van der Waals surface area contributed by atoms with E-state index in [4.69, 9.17) is 33.2 Å². The van der Waals surface area contributed by atoms with Crippen molar-refractivity contribution in [1.29, 1.82) is 0 Å². The van der Waals surface area contributed by atoms with E-state index in [1.165, 1.54) is 133 Å². The zero-order chi connectivity index (χ0) is 53.2. The van der Waals surface area contributed by atoms with E-state index in [1.54, 1.807) is 20.8 Å². The Hall–Kier alpha value is -3.91. The predicted octanol–water partition coefficient (Wildman–Crippen LogP) is 12.8. The van der Waals surface area contributed by atoms with E-state index in [2.05, 4.69) is 0 Å². The molecule has 0 aromatic heterocycles. The van der Waals surface area contributed by atoms with Crippen LogP contribution in [0, 0.1) is 23.7 Å². The van der Waals surface area contributed by atoms with Crippen LogP contribution in [-0.4, -0.2) is 104 Å². The van der Waals surface area contributed by atoms with E-state index in [9.17, 15) is 33.6 Å². The SMILES string of the molecule is CC(C)(C)OC(=O)N(CCCC(=O)OC(COC(=O)CCCC1CCCCC1)COC(=O)CCCC1CCCCC1)CCCC(=O)OC(COC(=O)CCCC1CCCCC1)COC(=O)CCCC1CCCCC1. The summed E-state index contributed by atoms with van der Waals surface area (Å²) in [5, 5.41) is 0. The summed E-state index contributed by atoms with van der Waals surface area (Å²) in [6, 6.07) is 0. The van der Waals surface area contributed by atoms with Gasteiger partial charge in [-0.15, -0.1) is 0 Å². The first-order chi connectivity index (χ1) is 35.7. The molecule has 4 aliphatic rings. The standard InChI is InChI=1S/C59H99NO14/c1-59(2,3)74-58(67)60(40-20-38-56(65)72-50(42-68-52(61)34-16-30-46-22-8-4-9-23-46)43-69-53(62)35-17-31-47-24-10-5-11-25-47)41-21-39-57(66)73-51(44-70-54(63)36-18-32-48-26-12-6-13-27-48)45-71-55(64)37-19-33-49-28-14-7-15-29-49/h46-51H,4-45H2,1-3H3. The zero-order valence-corrected chi connectivity index (χ0v) is 46.3. The normalized spacial score (nSPS) is 17.4. The lowest BCUT2D eigenvalue weighted by atomic mass is 9.86. The van der Waals surface area contributed by atoms with Crippen molar-refractivity contribution in [3.8, 4) is 0 Å². The summed E-state index contributed by atoms with van der Waals surface area (Å²) in [6.07, 6.45) is 30.1. The molecule has 0 bridgehead atoms. The van der Waals surface area contributed by atoms with Gasteiger partial charge >= 0.3 is 41.9 Å². The average molecular weight is 1050 g/mol. The molecule has 0 saturated heterocycles. The topological polar surface area (TPSA) is 187 Å². The van der Waals surface area contributed by atoms with Crippen molar-refractivity contribution in [2.24, 2.45) is 23.7 Å². The summed E-state index contributed by atoms with van der Waals surface area (Å²) in [5.41, 5.74) is -0.811. The van der Waals surface area contributed by atoms with Crippen molar-refractivity contribution < 1.29 is 66.7 Å². The molecule has 4 rings (SSSR count). The van der Waals surface area contributed by atoms with Crippen molar-refractivity contribution in [3.63, 3.8) is 0 Å². The Morgan fingerprint density at radius 2 is 0.635 bits per heavy atom. The minimum Gasteiger partial charge on any atom is -0.462 e. The summed E-state index contributed by atoms with van der Waals surface area (Å²) in [4.78, 5) is 92.5. The molecule has 0 spiro atoms.